The fourth-order valence-electron chi connectivity index (χ4n) is 3.20. The Labute approximate surface area is 183 Å². The molecule has 30 heavy (non-hydrogen) atoms. The van der Waals surface area contributed by atoms with Crippen LogP contribution in [0.5, 0.6) is 11.5 Å². The Bertz CT molecular complexity index is 995. The van der Waals surface area contributed by atoms with Gasteiger partial charge in [-0.3, -0.25) is 9.69 Å². The summed E-state index contributed by atoms with van der Waals surface area (Å²) in [6, 6.07) is 8.16. The Balaban J connectivity index is 1.49. The van der Waals surface area contributed by atoms with E-state index in [1.54, 1.807) is 35.2 Å². The maximum Gasteiger partial charge on any atom is 0.379 e. The first kappa shape index (κ1) is 20.6. The van der Waals surface area contributed by atoms with Gasteiger partial charge < -0.3 is 18.6 Å². The number of ether oxygens (including phenoxy) is 3. The summed E-state index contributed by atoms with van der Waals surface area (Å²) in [5.41, 5.74) is 0.724. The van der Waals surface area contributed by atoms with Crippen molar-refractivity contribution in [3.05, 3.63) is 52.8 Å². The first-order valence-electron chi connectivity index (χ1n) is 9.36. The molecule has 0 aliphatic carbocycles. The number of rotatable bonds is 6. The molecule has 2 aliphatic rings. The van der Waals surface area contributed by atoms with E-state index in [4.69, 9.17) is 30.8 Å². The van der Waals surface area contributed by atoms with Crippen LogP contribution in [0.25, 0.3) is 6.08 Å². The van der Waals surface area contributed by atoms with Gasteiger partial charge in [0.1, 0.15) is 4.32 Å². The molecule has 156 valence electrons. The Kier molecular flexibility index (Phi) is 6.21. The van der Waals surface area contributed by atoms with Gasteiger partial charge in [-0.05, 0) is 48.7 Å². The van der Waals surface area contributed by atoms with Crippen molar-refractivity contribution in [2.24, 2.45) is 0 Å². The number of carbonyl (C=O) groups is 2. The summed E-state index contributed by atoms with van der Waals surface area (Å²) in [5, 5.41) is 0. The van der Waals surface area contributed by atoms with Gasteiger partial charge in [0.25, 0.3) is 5.91 Å². The molecule has 3 heterocycles. The summed E-state index contributed by atoms with van der Waals surface area (Å²) in [5.74, 6) is -0.0506. The zero-order valence-corrected chi connectivity index (χ0v) is 17.8. The highest BCUT2D eigenvalue weighted by molar-refractivity contribution is 8.26. The number of methoxy groups -OCH3 is 1. The fraction of sp³-hybridized carbons (Fsp3) is 0.286. The van der Waals surface area contributed by atoms with Crippen LogP contribution in [0.3, 0.4) is 0 Å². The third-order valence-electron chi connectivity index (χ3n) is 4.69. The van der Waals surface area contributed by atoms with Crippen molar-refractivity contribution in [2.45, 2.75) is 18.9 Å². The molecule has 0 unspecified atom stereocenters. The van der Waals surface area contributed by atoms with Crippen LogP contribution in [-0.2, 0) is 9.53 Å². The molecule has 2 fully saturated rings. The Hall–Kier alpha value is -2.62. The third-order valence-corrected chi connectivity index (χ3v) is 6.07. The van der Waals surface area contributed by atoms with Crippen molar-refractivity contribution in [3.8, 4) is 11.5 Å². The predicted molar refractivity (Wildman–Crippen MR) is 116 cm³/mol. The smallest absolute Gasteiger partial charge is 0.379 e. The summed E-state index contributed by atoms with van der Waals surface area (Å²) in [7, 11) is 1.48. The van der Waals surface area contributed by atoms with Crippen molar-refractivity contribution >= 4 is 46.3 Å². The second-order valence-electron chi connectivity index (χ2n) is 6.70. The van der Waals surface area contributed by atoms with Gasteiger partial charge in [-0.15, -0.1) is 0 Å². The molecule has 0 spiro atoms. The number of amides is 1. The molecule has 0 radical (unpaired) electrons. The lowest BCUT2D eigenvalue weighted by molar-refractivity contribution is -0.123. The fourth-order valence-corrected chi connectivity index (χ4v) is 4.48. The maximum absolute atomic E-state index is 12.8. The molecule has 4 rings (SSSR count). The van der Waals surface area contributed by atoms with Crippen LogP contribution in [0.2, 0.25) is 0 Å². The van der Waals surface area contributed by atoms with E-state index in [1.807, 2.05) is 0 Å². The topological polar surface area (TPSA) is 78.2 Å². The molecule has 1 atom stereocenters. The standard InChI is InChI=1S/C21H19NO6S2/c1-25-17-10-13(6-7-15(17)28-20(24)16-5-3-9-27-16)11-18-19(23)22(21(29)30-18)12-14-4-2-8-26-14/h3,5-7,9-11,14H,2,4,8,12H2,1H3/b18-11-/t14-/m0/s1. The molecule has 9 heteroatoms. The number of benzene rings is 1. The Morgan fingerprint density at radius 3 is 2.93 bits per heavy atom. The number of furan rings is 1. The Morgan fingerprint density at radius 2 is 2.23 bits per heavy atom. The van der Waals surface area contributed by atoms with Crippen LogP contribution in [0.1, 0.15) is 29.0 Å². The molecule has 0 N–H and O–H groups in total. The van der Waals surface area contributed by atoms with Crippen LogP contribution in [0.4, 0.5) is 0 Å². The number of thioether (sulfide) groups is 1. The van der Waals surface area contributed by atoms with Crippen LogP contribution in [-0.4, -0.2) is 47.5 Å². The van der Waals surface area contributed by atoms with E-state index in [0.29, 0.717) is 21.5 Å². The van der Waals surface area contributed by atoms with Crippen LogP contribution >= 0.6 is 24.0 Å². The summed E-state index contributed by atoms with van der Waals surface area (Å²) in [6.45, 7) is 1.21. The van der Waals surface area contributed by atoms with Gasteiger partial charge in [0.05, 0.1) is 30.9 Å². The number of esters is 1. The highest BCUT2D eigenvalue weighted by Gasteiger charge is 2.34. The quantitative estimate of drug-likeness (QED) is 0.287. The first-order valence-corrected chi connectivity index (χ1v) is 10.6. The summed E-state index contributed by atoms with van der Waals surface area (Å²) in [6.07, 6.45) is 5.12. The normalized spacial score (nSPS) is 20.2. The van der Waals surface area contributed by atoms with Crippen molar-refractivity contribution in [1.82, 2.24) is 4.90 Å². The van der Waals surface area contributed by atoms with Gasteiger partial charge in [-0.2, -0.15) is 0 Å². The van der Waals surface area contributed by atoms with Gasteiger partial charge in [0.2, 0.25) is 5.76 Å². The molecule has 1 amide bonds. The van der Waals surface area contributed by atoms with E-state index >= 15 is 0 Å². The van der Waals surface area contributed by atoms with E-state index in [2.05, 4.69) is 0 Å². The van der Waals surface area contributed by atoms with Crippen LogP contribution in [0.15, 0.2) is 45.9 Å². The molecule has 2 saturated heterocycles. The molecule has 2 aliphatic heterocycles. The van der Waals surface area contributed by atoms with Crippen molar-refractivity contribution in [1.29, 1.82) is 0 Å². The highest BCUT2D eigenvalue weighted by atomic mass is 32.2. The number of hydrogen-bond acceptors (Lipinski definition) is 8. The molecular formula is C21H19NO6S2. The van der Waals surface area contributed by atoms with Gasteiger partial charge in [-0.1, -0.05) is 30.0 Å². The molecule has 1 aromatic heterocycles. The van der Waals surface area contributed by atoms with Crippen molar-refractivity contribution < 1.29 is 28.2 Å². The van der Waals surface area contributed by atoms with Crippen LogP contribution in [0, 0.1) is 0 Å². The average molecular weight is 446 g/mol. The molecule has 2 aromatic rings. The van der Waals surface area contributed by atoms with Crippen molar-refractivity contribution in [2.75, 3.05) is 20.3 Å². The average Bonchev–Trinajstić information content (AvgIpc) is 3.49. The SMILES string of the molecule is COc1cc(/C=C2\SC(=S)N(C[C@@H]3CCCO3)C2=O)ccc1OC(=O)c1ccco1. The lowest BCUT2D eigenvalue weighted by Gasteiger charge is -2.18. The van der Waals surface area contributed by atoms with E-state index in [1.165, 1.54) is 31.2 Å². The summed E-state index contributed by atoms with van der Waals surface area (Å²) < 4.78 is 21.9. The third kappa shape index (κ3) is 4.43. The van der Waals surface area contributed by atoms with Crippen LogP contribution < -0.4 is 9.47 Å². The number of hydrogen-bond donors (Lipinski definition) is 0. The van der Waals surface area contributed by atoms with E-state index in [0.717, 1.165) is 25.0 Å². The largest absolute Gasteiger partial charge is 0.493 e. The van der Waals surface area contributed by atoms with Gasteiger partial charge in [0.15, 0.2) is 11.5 Å². The first-order chi connectivity index (χ1) is 14.5. The van der Waals surface area contributed by atoms with Gasteiger partial charge in [0, 0.05) is 6.61 Å². The molecule has 0 saturated carbocycles. The number of thiocarbonyl (C=S) groups is 1. The zero-order chi connectivity index (χ0) is 21.1. The van der Waals surface area contributed by atoms with E-state index in [-0.39, 0.29) is 23.5 Å². The second-order valence-corrected chi connectivity index (χ2v) is 8.38. The monoisotopic (exact) mass is 445 g/mol. The van der Waals surface area contributed by atoms with E-state index in [9.17, 15) is 9.59 Å². The molecule has 0 bridgehead atoms. The van der Waals surface area contributed by atoms with Crippen molar-refractivity contribution in [3.63, 3.8) is 0 Å². The minimum absolute atomic E-state index is 0.0371. The molecule has 7 nitrogen and oxygen atoms in total. The second kappa shape index (κ2) is 9.03. The summed E-state index contributed by atoms with van der Waals surface area (Å²) >= 11 is 6.64. The van der Waals surface area contributed by atoms with Gasteiger partial charge >= 0.3 is 5.97 Å². The number of nitrogens with zero attached hydrogens (tertiary/aromatic N) is 1. The highest BCUT2D eigenvalue weighted by Crippen LogP contribution is 2.35. The maximum atomic E-state index is 12.8. The summed E-state index contributed by atoms with van der Waals surface area (Å²) in [4.78, 5) is 27.0. The number of carbonyl (C=O) groups excluding carboxylic acids is 2. The minimum Gasteiger partial charge on any atom is -0.493 e. The minimum atomic E-state index is -0.624. The van der Waals surface area contributed by atoms with E-state index < -0.39 is 5.97 Å². The lowest BCUT2D eigenvalue weighted by atomic mass is 10.1. The lowest BCUT2D eigenvalue weighted by Crippen LogP contribution is -2.35. The van der Waals surface area contributed by atoms with Gasteiger partial charge in [-0.25, -0.2) is 4.79 Å². The predicted octanol–water partition coefficient (Wildman–Crippen LogP) is 3.89. The zero-order valence-electron chi connectivity index (χ0n) is 16.2. The molecular weight excluding hydrogens is 426 g/mol. The molecule has 1 aromatic carbocycles. The Morgan fingerprint density at radius 1 is 1.37 bits per heavy atom.